The zero-order valence-corrected chi connectivity index (χ0v) is 12.9. The van der Waals surface area contributed by atoms with Gasteiger partial charge in [-0.1, -0.05) is 26.8 Å². The minimum absolute atomic E-state index is 0.00868. The van der Waals surface area contributed by atoms with Crippen LogP contribution in [0.3, 0.4) is 0 Å². The van der Waals surface area contributed by atoms with Crippen LogP contribution < -0.4 is 0 Å². The van der Waals surface area contributed by atoms with Crippen molar-refractivity contribution in [2.75, 3.05) is 0 Å². The van der Waals surface area contributed by atoms with E-state index < -0.39 is 17.4 Å². The lowest BCUT2D eigenvalue weighted by atomic mass is 9.96. The van der Waals surface area contributed by atoms with E-state index in [2.05, 4.69) is 0 Å². The fourth-order valence-corrected chi connectivity index (χ4v) is 2.14. The van der Waals surface area contributed by atoms with Crippen LogP contribution in [0.2, 0.25) is 5.04 Å². The number of hydrogen-bond donors (Lipinski definition) is 1. The Bertz CT molecular complexity index is 478. The van der Waals surface area contributed by atoms with Crippen molar-refractivity contribution in [3.05, 3.63) is 35.1 Å². The Morgan fingerprint density at radius 3 is 2.26 bits per heavy atom. The lowest BCUT2D eigenvalue weighted by Crippen LogP contribution is -2.28. The highest BCUT2D eigenvalue weighted by molar-refractivity contribution is 6.31. The SMILES string of the molecule is CC(C)(C)[Si]OC(C)(C)c1ccc(C(=O)O)cc1F. The summed E-state index contributed by atoms with van der Waals surface area (Å²) in [6, 6.07) is 3.90. The lowest BCUT2D eigenvalue weighted by molar-refractivity contribution is 0.0694. The number of aromatic carboxylic acids is 1. The van der Waals surface area contributed by atoms with Crippen molar-refractivity contribution in [2.24, 2.45) is 0 Å². The van der Waals surface area contributed by atoms with Crippen LogP contribution in [0.1, 0.15) is 50.5 Å². The van der Waals surface area contributed by atoms with Gasteiger partial charge in [-0.05, 0) is 31.0 Å². The molecule has 0 aliphatic rings. The van der Waals surface area contributed by atoms with Gasteiger partial charge in [0.2, 0.25) is 9.76 Å². The molecular weight excluding hydrogens is 263 g/mol. The molecule has 2 radical (unpaired) electrons. The van der Waals surface area contributed by atoms with Crippen LogP contribution in [-0.4, -0.2) is 20.8 Å². The van der Waals surface area contributed by atoms with Crippen LogP contribution >= 0.6 is 0 Å². The van der Waals surface area contributed by atoms with Crippen molar-refractivity contribution >= 4 is 15.7 Å². The monoisotopic (exact) mass is 282 g/mol. The average molecular weight is 282 g/mol. The molecule has 1 rings (SSSR count). The van der Waals surface area contributed by atoms with Crippen molar-refractivity contribution < 1.29 is 18.7 Å². The number of carboxylic acids is 1. The van der Waals surface area contributed by atoms with Crippen LogP contribution in [-0.2, 0) is 10.0 Å². The second-order valence-corrected chi connectivity index (χ2v) is 7.87. The first-order chi connectivity index (χ1) is 8.53. The molecule has 104 valence electrons. The molecule has 1 aromatic carbocycles. The summed E-state index contributed by atoms with van der Waals surface area (Å²) in [5, 5.41) is 8.83. The van der Waals surface area contributed by atoms with E-state index in [9.17, 15) is 9.18 Å². The molecule has 0 amide bonds. The summed E-state index contributed by atoms with van der Waals surface area (Å²) >= 11 is 0. The second kappa shape index (κ2) is 5.42. The Morgan fingerprint density at radius 1 is 1.26 bits per heavy atom. The summed E-state index contributed by atoms with van der Waals surface area (Å²) in [5.74, 6) is -1.69. The van der Waals surface area contributed by atoms with Crippen LogP contribution in [0.25, 0.3) is 0 Å². The molecule has 19 heavy (non-hydrogen) atoms. The number of hydrogen-bond acceptors (Lipinski definition) is 2. The number of carboxylic acid groups (broad SMARTS) is 1. The molecular formula is C14H19FO3Si. The van der Waals surface area contributed by atoms with E-state index in [0.717, 1.165) is 6.07 Å². The maximum absolute atomic E-state index is 14.0. The Labute approximate surface area is 115 Å². The van der Waals surface area contributed by atoms with Crippen LogP contribution in [0.4, 0.5) is 4.39 Å². The molecule has 0 aromatic heterocycles. The molecule has 0 saturated carbocycles. The van der Waals surface area contributed by atoms with Crippen molar-refractivity contribution in [2.45, 2.75) is 45.3 Å². The Hall–Kier alpha value is -1.20. The van der Waals surface area contributed by atoms with Gasteiger partial charge in [-0.2, -0.15) is 0 Å². The van der Waals surface area contributed by atoms with Gasteiger partial charge in [-0.15, -0.1) is 0 Å². The van der Waals surface area contributed by atoms with Crippen LogP contribution in [0.5, 0.6) is 0 Å². The molecule has 3 nitrogen and oxygen atoms in total. The molecule has 0 saturated heterocycles. The van der Waals surface area contributed by atoms with Gasteiger partial charge < -0.3 is 9.53 Å². The first-order valence-electron chi connectivity index (χ1n) is 6.01. The normalized spacial score (nSPS) is 12.5. The molecule has 0 fully saturated rings. The summed E-state index contributed by atoms with van der Waals surface area (Å²) in [6.07, 6.45) is 0. The Kier molecular flexibility index (Phi) is 4.53. The summed E-state index contributed by atoms with van der Waals surface area (Å²) in [5.41, 5.74) is -0.475. The van der Waals surface area contributed by atoms with Gasteiger partial charge in [-0.3, -0.25) is 0 Å². The minimum Gasteiger partial charge on any atom is -0.478 e. The predicted octanol–water partition coefficient (Wildman–Crippen LogP) is 3.61. The van der Waals surface area contributed by atoms with Crippen molar-refractivity contribution in [1.29, 1.82) is 0 Å². The van der Waals surface area contributed by atoms with Gasteiger partial charge in [0.25, 0.3) is 0 Å². The first-order valence-corrected chi connectivity index (χ1v) is 6.92. The van der Waals surface area contributed by atoms with Crippen molar-refractivity contribution in [1.82, 2.24) is 0 Å². The molecule has 1 aromatic rings. The van der Waals surface area contributed by atoms with E-state index in [0.29, 0.717) is 5.56 Å². The first kappa shape index (κ1) is 15.9. The lowest BCUT2D eigenvalue weighted by Gasteiger charge is -2.30. The zero-order valence-electron chi connectivity index (χ0n) is 11.9. The van der Waals surface area contributed by atoms with Crippen molar-refractivity contribution in [3.8, 4) is 0 Å². The van der Waals surface area contributed by atoms with E-state index in [-0.39, 0.29) is 20.4 Å². The molecule has 0 aliphatic heterocycles. The van der Waals surface area contributed by atoms with Crippen molar-refractivity contribution in [3.63, 3.8) is 0 Å². The molecule has 0 spiro atoms. The molecule has 0 unspecified atom stereocenters. The van der Waals surface area contributed by atoms with Gasteiger partial charge in [0.05, 0.1) is 11.2 Å². The third-order valence-electron chi connectivity index (χ3n) is 2.48. The summed E-state index contributed by atoms with van der Waals surface area (Å²) in [6.45, 7) is 9.71. The molecule has 0 heterocycles. The van der Waals surface area contributed by atoms with E-state index in [1.54, 1.807) is 13.8 Å². The third-order valence-corrected chi connectivity index (χ3v) is 3.70. The molecule has 0 aliphatic carbocycles. The van der Waals surface area contributed by atoms with Gasteiger partial charge >= 0.3 is 5.97 Å². The van der Waals surface area contributed by atoms with Gasteiger partial charge in [0.1, 0.15) is 5.82 Å². The van der Waals surface area contributed by atoms with E-state index in [1.807, 2.05) is 20.8 Å². The zero-order chi connectivity index (χ0) is 14.8. The van der Waals surface area contributed by atoms with E-state index >= 15 is 0 Å². The van der Waals surface area contributed by atoms with Gasteiger partial charge in [0.15, 0.2) is 0 Å². The Morgan fingerprint density at radius 2 is 1.84 bits per heavy atom. The highest BCUT2D eigenvalue weighted by atomic mass is 28.2. The second-order valence-electron chi connectivity index (χ2n) is 5.96. The highest BCUT2D eigenvalue weighted by Crippen LogP contribution is 2.31. The summed E-state index contributed by atoms with van der Waals surface area (Å²) < 4.78 is 19.8. The maximum Gasteiger partial charge on any atom is 0.335 e. The number of halogens is 1. The van der Waals surface area contributed by atoms with E-state index in [1.165, 1.54) is 12.1 Å². The fourth-order valence-electron chi connectivity index (χ4n) is 1.47. The smallest absolute Gasteiger partial charge is 0.335 e. The number of benzene rings is 1. The fraction of sp³-hybridized carbons (Fsp3) is 0.500. The highest BCUT2D eigenvalue weighted by Gasteiger charge is 2.28. The van der Waals surface area contributed by atoms with Gasteiger partial charge in [0, 0.05) is 5.56 Å². The summed E-state index contributed by atoms with van der Waals surface area (Å²) in [4.78, 5) is 10.8. The minimum atomic E-state index is -1.14. The number of rotatable bonds is 4. The average Bonchev–Trinajstić information content (AvgIpc) is 2.25. The standard InChI is InChI=1S/C14H19FO3Si/c1-13(2,3)19-18-14(4,5)10-7-6-9(12(16)17)8-11(10)15/h6-8H,1-5H3,(H,16,17). The number of carbonyl (C=O) groups is 1. The third kappa shape index (κ3) is 4.43. The summed E-state index contributed by atoms with van der Waals surface area (Å²) in [7, 11) is 0.224. The molecule has 1 N–H and O–H groups in total. The molecule has 0 bridgehead atoms. The van der Waals surface area contributed by atoms with E-state index in [4.69, 9.17) is 9.53 Å². The van der Waals surface area contributed by atoms with Crippen LogP contribution in [0, 0.1) is 5.82 Å². The molecule has 5 heteroatoms. The molecule has 0 atom stereocenters. The topological polar surface area (TPSA) is 46.5 Å². The predicted molar refractivity (Wildman–Crippen MR) is 72.9 cm³/mol. The Balaban J connectivity index is 2.98. The maximum atomic E-state index is 14.0. The quantitative estimate of drug-likeness (QED) is 0.858. The largest absolute Gasteiger partial charge is 0.478 e. The van der Waals surface area contributed by atoms with Gasteiger partial charge in [-0.25, -0.2) is 9.18 Å². The van der Waals surface area contributed by atoms with Crippen LogP contribution in [0.15, 0.2) is 18.2 Å².